The number of aromatic nitrogens is 5. The first-order valence-electron chi connectivity index (χ1n) is 6.90. The van der Waals surface area contributed by atoms with Crippen molar-refractivity contribution in [3.63, 3.8) is 0 Å². The van der Waals surface area contributed by atoms with Crippen molar-refractivity contribution in [3.05, 3.63) is 21.9 Å². The minimum Gasteiger partial charge on any atom is -0.340 e. The van der Waals surface area contributed by atoms with Crippen molar-refractivity contribution in [2.45, 2.75) is 33.1 Å². The molecule has 0 saturated heterocycles. The van der Waals surface area contributed by atoms with E-state index >= 15 is 0 Å². The monoisotopic (exact) mass is 308 g/mol. The van der Waals surface area contributed by atoms with Gasteiger partial charge in [-0.1, -0.05) is 26.0 Å². The Hall–Kier alpha value is -1.83. The molecule has 2 aromatic rings. The van der Waals surface area contributed by atoms with Gasteiger partial charge in [-0.15, -0.1) is 21.5 Å². The summed E-state index contributed by atoms with van der Waals surface area (Å²) in [5.74, 6) is 1.09. The normalized spacial score (nSPS) is 12.6. The van der Waals surface area contributed by atoms with Gasteiger partial charge >= 0.3 is 0 Å². The number of nitrogens with one attached hydrogen (secondary N) is 1. The summed E-state index contributed by atoms with van der Waals surface area (Å²) < 4.78 is 0. The number of nitrogens with zero attached hydrogens (tertiary/aromatic N) is 5. The standard InChI is InChI=1S/C13H20N6OS/c1-8(2)5-11-14-10(7-21-11)13(20)19(4)6-9(3)12-15-17-18-16-12/h7-9H,5-6H2,1-4H3,(H,15,16,17,18)/t9-/m1/s1. The number of aromatic amines is 1. The Bertz CT molecular complexity index is 579. The van der Waals surface area contributed by atoms with Crippen LogP contribution in [-0.4, -0.2) is 50.0 Å². The molecule has 2 aromatic heterocycles. The van der Waals surface area contributed by atoms with Gasteiger partial charge < -0.3 is 4.90 Å². The zero-order chi connectivity index (χ0) is 15.4. The van der Waals surface area contributed by atoms with E-state index in [0.29, 0.717) is 24.0 Å². The van der Waals surface area contributed by atoms with Gasteiger partial charge in [-0.05, 0) is 5.92 Å². The van der Waals surface area contributed by atoms with Crippen LogP contribution in [0.3, 0.4) is 0 Å². The maximum absolute atomic E-state index is 12.4. The third kappa shape index (κ3) is 4.07. The van der Waals surface area contributed by atoms with Crippen LogP contribution >= 0.6 is 11.3 Å². The summed E-state index contributed by atoms with van der Waals surface area (Å²) in [5.41, 5.74) is 0.512. The molecule has 0 aliphatic rings. The fraction of sp³-hybridized carbons (Fsp3) is 0.615. The first kappa shape index (κ1) is 15.6. The molecule has 7 nitrogen and oxygen atoms in total. The molecule has 1 atom stereocenters. The number of carbonyl (C=O) groups excluding carboxylic acids is 1. The highest BCUT2D eigenvalue weighted by Crippen LogP contribution is 2.17. The highest BCUT2D eigenvalue weighted by molar-refractivity contribution is 7.09. The molecular weight excluding hydrogens is 288 g/mol. The molecule has 0 spiro atoms. The van der Waals surface area contributed by atoms with E-state index in [1.54, 1.807) is 23.3 Å². The maximum atomic E-state index is 12.4. The Labute approximate surface area is 127 Å². The Kier molecular flexibility index (Phi) is 5.00. The van der Waals surface area contributed by atoms with Gasteiger partial charge in [-0.25, -0.2) is 4.98 Å². The van der Waals surface area contributed by atoms with Crippen molar-refractivity contribution < 1.29 is 4.79 Å². The van der Waals surface area contributed by atoms with E-state index in [-0.39, 0.29) is 11.8 Å². The van der Waals surface area contributed by atoms with Crippen molar-refractivity contribution in [1.29, 1.82) is 0 Å². The van der Waals surface area contributed by atoms with Crippen LogP contribution in [0.15, 0.2) is 5.38 Å². The van der Waals surface area contributed by atoms with Crippen molar-refractivity contribution in [2.75, 3.05) is 13.6 Å². The van der Waals surface area contributed by atoms with Crippen LogP contribution in [0.2, 0.25) is 0 Å². The lowest BCUT2D eigenvalue weighted by molar-refractivity contribution is 0.0782. The molecule has 114 valence electrons. The minimum absolute atomic E-state index is 0.0199. The predicted octanol–water partition coefficient (Wildman–Crippen LogP) is 1.73. The molecule has 0 aliphatic carbocycles. The third-order valence-corrected chi connectivity index (χ3v) is 3.92. The lowest BCUT2D eigenvalue weighted by atomic mass is 10.1. The molecule has 0 fully saturated rings. The molecule has 21 heavy (non-hydrogen) atoms. The number of carbonyl (C=O) groups is 1. The number of rotatable bonds is 6. The summed E-state index contributed by atoms with van der Waals surface area (Å²) in [6.45, 7) is 6.76. The average Bonchev–Trinajstić information content (AvgIpc) is 3.07. The van der Waals surface area contributed by atoms with Crippen LogP contribution in [0.1, 0.15) is 48.0 Å². The molecule has 8 heteroatoms. The summed E-state index contributed by atoms with van der Waals surface area (Å²) in [7, 11) is 1.76. The van der Waals surface area contributed by atoms with E-state index in [1.807, 2.05) is 12.3 Å². The topological polar surface area (TPSA) is 87.7 Å². The number of hydrogen-bond donors (Lipinski definition) is 1. The van der Waals surface area contributed by atoms with Crippen LogP contribution in [0.5, 0.6) is 0 Å². The second-order valence-electron chi connectivity index (χ2n) is 5.58. The highest BCUT2D eigenvalue weighted by atomic mass is 32.1. The Morgan fingerprint density at radius 2 is 2.19 bits per heavy atom. The number of H-pyrrole nitrogens is 1. The largest absolute Gasteiger partial charge is 0.340 e. The third-order valence-electron chi connectivity index (χ3n) is 3.05. The quantitative estimate of drug-likeness (QED) is 0.878. The first-order chi connectivity index (χ1) is 9.97. The summed E-state index contributed by atoms with van der Waals surface area (Å²) in [6, 6.07) is 0. The fourth-order valence-electron chi connectivity index (χ4n) is 2.00. The van der Waals surface area contributed by atoms with Crippen LogP contribution in [0.25, 0.3) is 0 Å². The molecule has 2 rings (SSSR count). The average molecular weight is 308 g/mol. The first-order valence-corrected chi connectivity index (χ1v) is 7.78. The number of hydrogen-bond acceptors (Lipinski definition) is 6. The maximum Gasteiger partial charge on any atom is 0.273 e. The summed E-state index contributed by atoms with van der Waals surface area (Å²) >= 11 is 1.54. The predicted molar refractivity (Wildman–Crippen MR) is 80.2 cm³/mol. The van der Waals surface area contributed by atoms with E-state index < -0.39 is 0 Å². The van der Waals surface area contributed by atoms with Crippen molar-refractivity contribution in [3.8, 4) is 0 Å². The van der Waals surface area contributed by atoms with Crippen LogP contribution in [-0.2, 0) is 6.42 Å². The minimum atomic E-state index is -0.0726. The Morgan fingerprint density at radius 1 is 1.43 bits per heavy atom. The van der Waals surface area contributed by atoms with Crippen LogP contribution in [0.4, 0.5) is 0 Å². The zero-order valence-electron chi connectivity index (χ0n) is 12.7. The number of tetrazole rings is 1. The fourth-order valence-corrected chi connectivity index (χ4v) is 2.98. The van der Waals surface area contributed by atoms with Gasteiger partial charge in [0.2, 0.25) is 0 Å². The lowest BCUT2D eigenvalue weighted by Gasteiger charge is -2.18. The molecule has 2 heterocycles. The summed E-state index contributed by atoms with van der Waals surface area (Å²) in [4.78, 5) is 18.4. The van der Waals surface area contributed by atoms with Crippen molar-refractivity contribution >= 4 is 17.2 Å². The summed E-state index contributed by atoms with van der Waals surface area (Å²) in [5, 5.41) is 16.7. The lowest BCUT2D eigenvalue weighted by Crippen LogP contribution is -2.31. The van der Waals surface area contributed by atoms with Gasteiger partial charge in [-0.2, -0.15) is 5.21 Å². The molecule has 0 unspecified atom stereocenters. The van der Waals surface area contributed by atoms with E-state index in [4.69, 9.17) is 0 Å². The van der Waals surface area contributed by atoms with Gasteiger partial charge in [0.15, 0.2) is 5.82 Å². The van der Waals surface area contributed by atoms with Gasteiger partial charge in [0.1, 0.15) is 5.69 Å². The second-order valence-corrected chi connectivity index (χ2v) is 6.52. The van der Waals surface area contributed by atoms with Gasteiger partial charge in [0.05, 0.1) is 5.01 Å². The van der Waals surface area contributed by atoms with Crippen LogP contribution in [0, 0.1) is 5.92 Å². The summed E-state index contributed by atoms with van der Waals surface area (Å²) in [6.07, 6.45) is 0.904. The Morgan fingerprint density at radius 3 is 2.81 bits per heavy atom. The van der Waals surface area contributed by atoms with E-state index in [0.717, 1.165) is 11.4 Å². The van der Waals surface area contributed by atoms with E-state index in [1.165, 1.54) is 0 Å². The molecule has 0 aliphatic heterocycles. The Balaban J connectivity index is 1.97. The smallest absolute Gasteiger partial charge is 0.273 e. The molecule has 1 amide bonds. The molecule has 0 radical (unpaired) electrons. The van der Waals surface area contributed by atoms with Gasteiger partial charge in [-0.3, -0.25) is 4.79 Å². The number of amides is 1. The number of thiazole rings is 1. The van der Waals surface area contributed by atoms with Crippen LogP contribution < -0.4 is 0 Å². The molecule has 0 saturated carbocycles. The van der Waals surface area contributed by atoms with E-state index in [2.05, 4.69) is 39.5 Å². The number of likely N-dealkylation sites (N-methyl/N-ethyl adjacent to an activating group) is 1. The molecular formula is C13H20N6OS. The van der Waals surface area contributed by atoms with Gasteiger partial charge in [0.25, 0.3) is 5.91 Å². The van der Waals surface area contributed by atoms with Crippen molar-refractivity contribution in [2.24, 2.45) is 5.92 Å². The SMILES string of the molecule is CC(C)Cc1nc(C(=O)N(C)C[C@@H](C)c2nn[nH]n2)cs1. The molecule has 0 bridgehead atoms. The zero-order valence-corrected chi connectivity index (χ0v) is 13.5. The van der Waals surface area contributed by atoms with E-state index in [9.17, 15) is 4.79 Å². The second kappa shape index (κ2) is 6.75. The molecule has 1 N–H and O–H groups in total. The van der Waals surface area contributed by atoms with Gasteiger partial charge in [0, 0.05) is 31.3 Å². The highest BCUT2D eigenvalue weighted by Gasteiger charge is 2.20. The molecule has 0 aromatic carbocycles. The van der Waals surface area contributed by atoms with Crippen molar-refractivity contribution in [1.82, 2.24) is 30.5 Å².